The summed E-state index contributed by atoms with van der Waals surface area (Å²) in [5.74, 6) is 1.96. The van der Waals surface area contributed by atoms with E-state index in [0.29, 0.717) is 24.9 Å². The Kier molecular flexibility index (Phi) is 11.4. The first-order chi connectivity index (χ1) is 29.3. The van der Waals surface area contributed by atoms with Crippen molar-refractivity contribution in [2.24, 2.45) is 17.8 Å². The zero-order chi connectivity index (χ0) is 43.3. The number of aromatic amines is 2. The summed E-state index contributed by atoms with van der Waals surface area (Å²) in [6.07, 6.45) is 3.83. The molecule has 3 aromatic carbocycles. The van der Waals surface area contributed by atoms with Crippen LogP contribution in [0.4, 0.5) is 9.59 Å². The van der Waals surface area contributed by atoms with Crippen LogP contribution in [-0.2, 0) is 25.7 Å². The molecule has 15 nitrogen and oxygen atoms in total. The van der Waals surface area contributed by atoms with Crippen LogP contribution in [0.1, 0.15) is 96.5 Å². The van der Waals surface area contributed by atoms with Gasteiger partial charge in [-0.2, -0.15) is 0 Å². The third kappa shape index (κ3) is 7.74. The van der Waals surface area contributed by atoms with Crippen molar-refractivity contribution in [3.05, 3.63) is 65.9 Å². The SMILES string of the molecule is CC[C@H]1C[C@@H](c2nc3ccc4cc5c(cc4c3[nH]2)OCc2cc(-c3cnc([C@@H]4CC[C@H](C)N4C(=O)C(NC(=O)OC)C(C)C)[nH]3)ccc2-5)N(C(=O)[C@@H](NC(=O)OC)C(C)C)C1. The Morgan fingerprint density at radius 3 is 2.28 bits per heavy atom. The van der Waals surface area contributed by atoms with Crippen LogP contribution in [0.3, 0.4) is 0 Å². The van der Waals surface area contributed by atoms with Gasteiger partial charge in [0.15, 0.2) is 0 Å². The molecule has 0 radical (unpaired) electrons. The predicted octanol–water partition coefficient (Wildman–Crippen LogP) is 7.78. The molecular weight excluding hydrogens is 777 g/mol. The number of ether oxygens (including phenoxy) is 3. The maximum Gasteiger partial charge on any atom is 0.407 e. The Labute approximate surface area is 355 Å². The fourth-order valence-electron chi connectivity index (χ4n) is 9.37. The van der Waals surface area contributed by atoms with Gasteiger partial charge in [-0.25, -0.2) is 19.6 Å². The molecule has 0 spiro atoms. The van der Waals surface area contributed by atoms with Crippen molar-refractivity contribution in [3.63, 3.8) is 0 Å². The van der Waals surface area contributed by atoms with Gasteiger partial charge in [-0.3, -0.25) is 9.59 Å². The normalized spacial score (nSPS) is 20.7. The molecule has 3 aliphatic heterocycles. The Morgan fingerprint density at radius 2 is 1.59 bits per heavy atom. The lowest BCUT2D eigenvalue weighted by atomic mass is 9.92. The topological polar surface area (TPSA) is 184 Å². The van der Waals surface area contributed by atoms with E-state index in [1.54, 1.807) is 0 Å². The minimum atomic E-state index is -0.721. The maximum absolute atomic E-state index is 14.0. The molecule has 4 N–H and O–H groups in total. The average Bonchev–Trinajstić information content (AvgIpc) is 4.08. The highest BCUT2D eigenvalue weighted by Crippen LogP contribution is 2.44. The summed E-state index contributed by atoms with van der Waals surface area (Å²) in [6, 6.07) is 12.7. The van der Waals surface area contributed by atoms with E-state index in [0.717, 1.165) is 87.0 Å². The second-order valence-electron chi connectivity index (χ2n) is 17.4. The number of H-pyrrole nitrogens is 2. The molecule has 8 rings (SSSR count). The van der Waals surface area contributed by atoms with Crippen molar-refractivity contribution < 1.29 is 33.4 Å². The average molecular weight is 833 g/mol. The number of hydrogen-bond donors (Lipinski definition) is 4. The van der Waals surface area contributed by atoms with E-state index in [1.165, 1.54) is 14.2 Å². The van der Waals surface area contributed by atoms with Gasteiger partial charge in [0.2, 0.25) is 11.8 Å². The molecule has 6 atom stereocenters. The lowest BCUT2D eigenvalue weighted by Crippen LogP contribution is -2.52. The first kappa shape index (κ1) is 41.6. The summed E-state index contributed by atoms with van der Waals surface area (Å²) in [5.41, 5.74) is 6.61. The lowest BCUT2D eigenvalue weighted by molar-refractivity contribution is -0.137. The maximum atomic E-state index is 14.0. The van der Waals surface area contributed by atoms with Crippen molar-refractivity contribution in [1.29, 1.82) is 0 Å². The summed E-state index contributed by atoms with van der Waals surface area (Å²) >= 11 is 0. The van der Waals surface area contributed by atoms with Gasteiger partial charge < -0.3 is 44.6 Å². The molecule has 15 heteroatoms. The highest BCUT2D eigenvalue weighted by molar-refractivity contribution is 6.07. The largest absolute Gasteiger partial charge is 0.488 e. The summed E-state index contributed by atoms with van der Waals surface area (Å²) in [4.78, 5) is 72.8. The third-order valence-electron chi connectivity index (χ3n) is 12.9. The van der Waals surface area contributed by atoms with Crippen LogP contribution in [0.2, 0.25) is 0 Å². The number of amides is 4. The Balaban J connectivity index is 1.05. The van der Waals surface area contributed by atoms with Gasteiger partial charge in [0.05, 0.1) is 49.2 Å². The molecular formula is C46H56N8O7. The number of methoxy groups -OCH3 is 2. The van der Waals surface area contributed by atoms with E-state index in [9.17, 15) is 19.2 Å². The zero-order valence-electron chi connectivity index (χ0n) is 36.1. The Hall–Kier alpha value is -6.12. The monoisotopic (exact) mass is 832 g/mol. The van der Waals surface area contributed by atoms with Gasteiger partial charge in [0, 0.05) is 23.5 Å². The number of benzene rings is 3. The van der Waals surface area contributed by atoms with Crippen LogP contribution in [0.25, 0.3) is 44.2 Å². The number of imidazole rings is 2. The van der Waals surface area contributed by atoms with E-state index < -0.39 is 24.3 Å². The molecule has 3 aliphatic rings. The zero-order valence-corrected chi connectivity index (χ0v) is 36.1. The van der Waals surface area contributed by atoms with Crippen molar-refractivity contribution in [2.45, 2.75) is 104 Å². The molecule has 0 aliphatic carbocycles. The molecule has 4 amide bonds. The number of hydrogen-bond acceptors (Lipinski definition) is 9. The lowest BCUT2D eigenvalue weighted by Gasteiger charge is -2.32. The van der Waals surface area contributed by atoms with Gasteiger partial charge in [-0.15, -0.1) is 0 Å². The molecule has 5 aromatic rings. The van der Waals surface area contributed by atoms with Crippen LogP contribution in [-0.4, -0.2) is 92.6 Å². The van der Waals surface area contributed by atoms with E-state index in [1.807, 2.05) is 56.7 Å². The molecule has 2 aromatic heterocycles. The number of rotatable bonds is 10. The minimum absolute atomic E-state index is 0.0158. The predicted molar refractivity (Wildman–Crippen MR) is 230 cm³/mol. The summed E-state index contributed by atoms with van der Waals surface area (Å²) < 4.78 is 16.1. The summed E-state index contributed by atoms with van der Waals surface area (Å²) in [7, 11) is 2.59. The van der Waals surface area contributed by atoms with Gasteiger partial charge in [0.25, 0.3) is 0 Å². The van der Waals surface area contributed by atoms with Gasteiger partial charge in [-0.1, -0.05) is 59.2 Å². The number of nitrogens with zero attached hydrogens (tertiary/aromatic N) is 4. The quantitative estimate of drug-likeness (QED) is 0.109. The van der Waals surface area contributed by atoms with Crippen molar-refractivity contribution in [3.8, 4) is 28.1 Å². The van der Waals surface area contributed by atoms with Crippen molar-refractivity contribution >= 4 is 45.8 Å². The fraction of sp³-hybridized carbons (Fsp3) is 0.478. The molecule has 61 heavy (non-hydrogen) atoms. The molecule has 2 fully saturated rings. The van der Waals surface area contributed by atoms with E-state index in [-0.39, 0.29) is 41.8 Å². The highest BCUT2D eigenvalue weighted by atomic mass is 16.5. The molecule has 0 bridgehead atoms. The first-order valence-electron chi connectivity index (χ1n) is 21.4. The number of nitrogens with one attached hydrogen (secondary N) is 4. The highest BCUT2D eigenvalue weighted by Gasteiger charge is 2.42. The van der Waals surface area contributed by atoms with Gasteiger partial charge >= 0.3 is 12.2 Å². The number of aromatic nitrogens is 4. The van der Waals surface area contributed by atoms with Crippen LogP contribution in [0.15, 0.2) is 48.7 Å². The van der Waals surface area contributed by atoms with Crippen LogP contribution in [0.5, 0.6) is 5.75 Å². The smallest absolute Gasteiger partial charge is 0.407 e. The summed E-state index contributed by atoms with van der Waals surface area (Å²) in [6.45, 7) is 12.8. The minimum Gasteiger partial charge on any atom is -0.488 e. The fourth-order valence-corrected chi connectivity index (χ4v) is 9.37. The molecule has 0 saturated carbocycles. The second kappa shape index (κ2) is 16.7. The van der Waals surface area contributed by atoms with Crippen LogP contribution < -0.4 is 15.4 Å². The van der Waals surface area contributed by atoms with Crippen LogP contribution >= 0.6 is 0 Å². The number of fused-ring (bicyclic) bond motifs is 6. The number of likely N-dealkylation sites (tertiary alicyclic amines) is 2. The van der Waals surface area contributed by atoms with Gasteiger partial charge in [-0.05, 0) is 90.3 Å². The van der Waals surface area contributed by atoms with E-state index in [4.69, 9.17) is 24.2 Å². The van der Waals surface area contributed by atoms with Crippen molar-refractivity contribution in [2.75, 3.05) is 20.8 Å². The second-order valence-corrected chi connectivity index (χ2v) is 17.4. The Bertz CT molecular complexity index is 2490. The first-order valence-corrected chi connectivity index (χ1v) is 21.4. The summed E-state index contributed by atoms with van der Waals surface area (Å²) in [5, 5.41) is 7.48. The number of carbonyl (C=O) groups excluding carboxylic acids is 4. The standard InChI is InChI=1S/C46H56N8O7/c1-9-26-16-36(53(21-26)43(55)38(23(2)3)51-45(57)59-7)42-48-33-14-12-27-18-32-30-13-11-28(17-29(30)22-61-37(32)19-31(27)40(33)50-42)34-20-47-41(49-34)35-15-10-25(6)54(35)44(56)39(24(4)5)52-46(58)60-8/h11-14,17-20,23-26,35-36,38-39H,9-10,15-16,21-22H2,1-8H3,(H,47,49)(H,48,50)(H,51,57)(H,52,58)/t25-,26-,35-,36-,38-,39?/m0/s1. The third-order valence-corrected chi connectivity index (χ3v) is 12.9. The molecule has 322 valence electrons. The number of carbonyl (C=O) groups is 4. The van der Waals surface area contributed by atoms with E-state index >= 15 is 0 Å². The molecule has 1 unspecified atom stereocenters. The molecule has 2 saturated heterocycles. The number of alkyl carbamates (subject to hydrolysis) is 2. The van der Waals surface area contributed by atoms with Gasteiger partial charge in [0.1, 0.15) is 36.1 Å². The van der Waals surface area contributed by atoms with Crippen LogP contribution in [0, 0.1) is 17.8 Å². The van der Waals surface area contributed by atoms with Crippen molar-refractivity contribution in [1.82, 2.24) is 40.4 Å². The van der Waals surface area contributed by atoms with E-state index in [2.05, 4.69) is 63.9 Å². The Morgan fingerprint density at radius 1 is 0.869 bits per heavy atom. The molecule has 5 heterocycles.